The van der Waals surface area contributed by atoms with Crippen LogP contribution >= 0.6 is 0 Å². The molecule has 1 saturated heterocycles. The first-order valence-electron chi connectivity index (χ1n) is 7.10. The lowest BCUT2D eigenvalue weighted by Crippen LogP contribution is -2.50. The van der Waals surface area contributed by atoms with Crippen LogP contribution in [0.5, 0.6) is 11.5 Å². The van der Waals surface area contributed by atoms with Crippen molar-refractivity contribution in [2.45, 2.75) is 19.0 Å². The molecule has 0 radical (unpaired) electrons. The van der Waals surface area contributed by atoms with E-state index in [9.17, 15) is 0 Å². The first kappa shape index (κ1) is 13.7. The standard InChI is InChI=1S/C15H22N2O3/c1-10-13(18-2)4-3-11-14(12(16)9-20-15(10)11)17-5-7-19-8-6-17/h3-4,12,14H,5-9,16H2,1-2H3. The molecule has 5 heteroatoms. The summed E-state index contributed by atoms with van der Waals surface area (Å²) in [7, 11) is 1.68. The Hall–Kier alpha value is -1.30. The van der Waals surface area contributed by atoms with Crippen LogP contribution in [0.1, 0.15) is 17.2 Å². The fraction of sp³-hybridized carbons (Fsp3) is 0.600. The molecule has 0 aliphatic carbocycles. The number of benzene rings is 1. The van der Waals surface area contributed by atoms with Crippen molar-refractivity contribution >= 4 is 0 Å². The Morgan fingerprint density at radius 1 is 1.30 bits per heavy atom. The number of ether oxygens (including phenoxy) is 3. The average molecular weight is 278 g/mol. The molecule has 2 aliphatic rings. The molecule has 2 aliphatic heterocycles. The molecule has 3 rings (SSSR count). The summed E-state index contributed by atoms with van der Waals surface area (Å²) in [6.07, 6.45) is 0. The van der Waals surface area contributed by atoms with Crippen molar-refractivity contribution in [3.8, 4) is 11.5 Å². The molecular weight excluding hydrogens is 256 g/mol. The minimum atomic E-state index is -0.00612. The van der Waals surface area contributed by atoms with Crippen molar-refractivity contribution in [1.29, 1.82) is 0 Å². The lowest BCUT2D eigenvalue weighted by Gasteiger charge is -2.41. The number of hydrogen-bond donors (Lipinski definition) is 1. The van der Waals surface area contributed by atoms with E-state index in [2.05, 4.69) is 11.0 Å². The molecular formula is C15H22N2O3. The molecule has 2 atom stereocenters. The van der Waals surface area contributed by atoms with E-state index in [4.69, 9.17) is 19.9 Å². The molecule has 0 aromatic heterocycles. The van der Waals surface area contributed by atoms with Gasteiger partial charge in [0.1, 0.15) is 18.1 Å². The van der Waals surface area contributed by atoms with Crippen molar-refractivity contribution < 1.29 is 14.2 Å². The van der Waals surface area contributed by atoms with E-state index in [-0.39, 0.29) is 12.1 Å². The highest BCUT2D eigenvalue weighted by Gasteiger charge is 2.35. The maximum atomic E-state index is 6.31. The van der Waals surface area contributed by atoms with Gasteiger partial charge in [0.05, 0.1) is 32.4 Å². The third-order valence-electron chi connectivity index (χ3n) is 4.19. The number of nitrogens with two attached hydrogens (primary N) is 1. The molecule has 2 heterocycles. The summed E-state index contributed by atoms with van der Waals surface area (Å²) in [6, 6.07) is 4.28. The van der Waals surface area contributed by atoms with Gasteiger partial charge in [0.15, 0.2) is 0 Å². The summed E-state index contributed by atoms with van der Waals surface area (Å²) >= 11 is 0. The average Bonchev–Trinajstić information content (AvgIpc) is 2.48. The predicted octanol–water partition coefficient (Wildman–Crippen LogP) is 1.10. The SMILES string of the molecule is COc1ccc2c(c1C)OCC(N)C2N1CCOCC1. The highest BCUT2D eigenvalue weighted by atomic mass is 16.5. The lowest BCUT2D eigenvalue weighted by atomic mass is 9.92. The van der Waals surface area contributed by atoms with Gasteiger partial charge in [-0.15, -0.1) is 0 Å². The molecule has 1 aromatic carbocycles. The Bertz CT molecular complexity index is 486. The van der Waals surface area contributed by atoms with Gasteiger partial charge in [-0.3, -0.25) is 4.90 Å². The smallest absolute Gasteiger partial charge is 0.130 e. The number of rotatable bonds is 2. The third kappa shape index (κ3) is 2.26. The monoisotopic (exact) mass is 278 g/mol. The van der Waals surface area contributed by atoms with Gasteiger partial charge in [-0.2, -0.15) is 0 Å². The first-order valence-corrected chi connectivity index (χ1v) is 7.10. The number of nitrogens with zero attached hydrogens (tertiary/aromatic N) is 1. The molecule has 0 amide bonds. The Morgan fingerprint density at radius 2 is 2.05 bits per heavy atom. The lowest BCUT2D eigenvalue weighted by molar-refractivity contribution is 0.00130. The van der Waals surface area contributed by atoms with Crippen LogP contribution in [0.3, 0.4) is 0 Å². The second-order valence-electron chi connectivity index (χ2n) is 5.38. The van der Waals surface area contributed by atoms with E-state index in [1.807, 2.05) is 13.0 Å². The minimum Gasteiger partial charge on any atom is -0.496 e. The van der Waals surface area contributed by atoms with Gasteiger partial charge in [-0.1, -0.05) is 0 Å². The van der Waals surface area contributed by atoms with Crippen molar-refractivity contribution in [3.63, 3.8) is 0 Å². The summed E-state index contributed by atoms with van der Waals surface area (Å²) in [5, 5.41) is 0. The third-order valence-corrected chi connectivity index (χ3v) is 4.19. The van der Waals surface area contributed by atoms with Crippen molar-refractivity contribution in [3.05, 3.63) is 23.3 Å². The van der Waals surface area contributed by atoms with Crippen LogP contribution in [0.25, 0.3) is 0 Å². The van der Waals surface area contributed by atoms with E-state index in [1.165, 1.54) is 5.56 Å². The molecule has 5 nitrogen and oxygen atoms in total. The van der Waals surface area contributed by atoms with Gasteiger partial charge in [0, 0.05) is 24.2 Å². The zero-order valence-electron chi connectivity index (χ0n) is 12.1. The molecule has 20 heavy (non-hydrogen) atoms. The van der Waals surface area contributed by atoms with E-state index >= 15 is 0 Å². The first-order chi connectivity index (χ1) is 9.72. The summed E-state index contributed by atoms with van der Waals surface area (Å²) in [4.78, 5) is 2.40. The number of morpholine rings is 1. The zero-order chi connectivity index (χ0) is 14.1. The van der Waals surface area contributed by atoms with E-state index < -0.39 is 0 Å². The second-order valence-corrected chi connectivity index (χ2v) is 5.38. The van der Waals surface area contributed by atoms with Crippen LogP contribution in [-0.4, -0.2) is 51.0 Å². The molecule has 1 aromatic rings. The number of fused-ring (bicyclic) bond motifs is 1. The number of hydrogen-bond acceptors (Lipinski definition) is 5. The minimum absolute atomic E-state index is 0.00612. The normalized spacial score (nSPS) is 26.8. The zero-order valence-corrected chi connectivity index (χ0v) is 12.1. The molecule has 0 spiro atoms. The van der Waals surface area contributed by atoms with Gasteiger partial charge in [0.25, 0.3) is 0 Å². The van der Waals surface area contributed by atoms with Crippen molar-refractivity contribution in [2.75, 3.05) is 40.0 Å². The van der Waals surface area contributed by atoms with Gasteiger partial charge in [-0.25, -0.2) is 0 Å². The predicted molar refractivity (Wildman–Crippen MR) is 76.3 cm³/mol. The fourth-order valence-electron chi connectivity index (χ4n) is 3.16. The molecule has 0 bridgehead atoms. The van der Waals surface area contributed by atoms with E-state index in [0.29, 0.717) is 6.61 Å². The highest BCUT2D eigenvalue weighted by molar-refractivity contribution is 5.52. The Kier molecular flexibility index (Phi) is 3.83. The van der Waals surface area contributed by atoms with E-state index in [1.54, 1.807) is 7.11 Å². The quantitative estimate of drug-likeness (QED) is 0.878. The molecule has 2 unspecified atom stereocenters. The molecule has 0 saturated carbocycles. The number of methoxy groups -OCH3 is 1. The topological polar surface area (TPSA) is 57.0 Å². The van der Waals surface area contributed by atoms with Crippen LogP contribution in [0.4, 0.5) is 0 Å². The Labute approximate surface area is 119 Å². The maximum absolute atomic E-state index is 6.31. The molecule has 2 N–H and O–H groups in total. The molecule has 1 fully saturated rings. The Morgan fingerprint density at radius 3 is 2.75 bits per heavy atom. The highest BCUT2D eigenvalue weighted by Crippen LogP contribution is 2.41. The van der Waals surface area contributed by atoms with Crippen molar-refractivity contribution in [1.82, 2.24) is 4.90 Å². The largest absolute Gasteiger partial charge is 0.496 e. The fourth-order valence-corrected chi connectivity index (χ4v) is 3.16. The van der Waals surface area contributed by atoms with Crippen molar-refractivity contribution in [2.24, 2.45) is 5.73 Å². The molecule has 110 valence electrons. The van der Waals surface area contributed by atoms with Crippen LogP contribution in [0.15, 0.2) is 12.1 Å². The summed E-state index contributed by atoms with van der Waals surface area (Å²) in [5.74, 6) is 1.79. The summed E-state index contributed by atoms with van der Waals surface area (Å²) < 4.78 is 16.7. The van der Waals surface area contributed by atoms with Gasteiger partial charge in [-0.05, 0) is 19.1 Å². The van der Waals surface area contributed by atoms with Crippen LogP contribution in [0, 0.1) is 6.92 Å². The Balaban J connectivity index is 1.98. The summed E-state index contributed by atoms with van der Waals surface area (Å²) in [6.45, 7) is 5.96. The maximum Gasteiger partial charge on any atom is 0.130 e. The second kappa shape index (κ2) is 5.60. The van der Waals surface area contributed by atoms with Gasteiger partial charge in [0.2, 0.25) is 0 Å². The summed E-state index contributed by atoms with van der Waals surface area (Å²) in [5.41, 5.74) is 8.53. The van der Waals surface area contributed by atoms with Crippen LogP contribution in [-0.2, 0) is 4.74 Å². The van der Waals surface area contributed by atoms with Crippen LogP contribution in [0.2, 0.25) is 0 Å². The van der Waals surface area contributed by atoms with Gasteiger partial charge < -0.3 is 19.9 Å². The van der Waals surface area contributed by atoms with Crippen LogP contribution < -0.4 is 15.2 Å². The van der Waals surface area contributed by atoms with Gasteiger partial charge >= 0.3 is 0 Å². The van der Waals surface area contributed by atoms with E-state index in [0.717, 1.165) is 43.4 Å².